The fraction of sp³-hybridized carbons (Fsp3) is 0.414. The van der Waals surface area contributed by atoms with E-state index in [0.29, 0.717) is 38.2 Å². The lowest BCUT2D eigenvalue weighted by Gasteiger charge is -2.39. The van der Waals surface area contributed by atoms with E-state index in [9.17, 15) is 4.79 Å². The Morgan fingerprint density at radius 1 is 0.974 bits per heavy atom. The molecule has 4 N–H and O–H groups in total. The highest BCUT2D eigenvalue weighted by molar-refractivity contribution is 7.77. The van der Waals surface area contributed by atoms with Crippen molar-refractivity contribution in [1.29, 1.82) is 0 Å². The Kier molecular flexibility index (Phi) is 10.5. The van der Waals surface area contributed by atoms with Gasteiger partial charge in [0.2, 0.25) is 5.95 Å². The third kappa shape index (κ3) is 6.81. The molecule has 38 heavy (non-hydrogen) atoms. The minimum Gasteiger partial charge on any atom is -0.364 e. The van der Waals surface area contributed by atoms with Crippen LogP contribution >= 0.6 is 36.0 Å². The zero-order valence-corrected chi connectivity index (χ0v) is 24.9. The summed E-state index contributed by atoms with van der Waals surface area (Å²) in [5, 5.41) is 4.96. The van der Waals surface area contributed by atoms with Crippen LogP contribution in [0.5, 0.6) is 0 Å². The second-order valence-electron chi connectivity index (χ2n) is 10.6. The number of carbonyl (C=O) groups excluding carboxylic acids is 1. The summed E-state index contributed by atoms with van der Waals surface area (Å²) >= 11 is 15.6. The number of fused-ring (bicyclic) bond motifs is 1. The number of hydrogen-bond donors (Lipinski definition) is 3. The van der Waals surface area contributed by atoms with E-state index in [0.717, 1.165) is 44.7 Å². The van der Waals surface area contributed by atoms with Crippen molar-refractivity contribution in [3.63, 3.8) is 0 Å². The Bertz CT molecular complexity index is 1250. The fourth-order valence-corrected chi connectivity index (χ4v) is 5.60. The van der Waals surface area contributed by atoms with Crippen molar-refractivity contribution >= 4 is 47.9 Å². The zero-order valence-electron chi connectivity index (χ0n) is 22.5. The van der Waals surface area contributed by atoms with Gasteiger partial charge in [0, 0.05) is 24.2 Å². The molecule has 1 spiro atoms. The first-order chi connectivity index (χ1) is 18.1. The van der Waals surface area contributed by atoms with Crippen LogP contribution in [0.2, 0.25) is 10.0 Å². The smallest absolute Gasteiger partial charge is 0.268 e. The molecular formula is C29H37Cl2N5OS. The maximum Gasteiger partial charge on any atom is 0.268 e. The third-order valence-electron chi connectivity index (χ3n) is 6.89. The number of anilines is 1. The van der Waals surface area contributed by atoms with Gasteiger partial charge < -0.3 is 10.6 Å². The first kappa shape index (κ1) is 30.2. The van der Waals surface area contributed by atoms with Crippen molar-refractivity contribution < 1.29 is 4.79 Å². The first-order valence-corrected chi connectivity index (χ1v) is 14.1. The van der Waals surface area contributed by atoms with Crippen LogP contribution in [0.25, 0.3) is 11.1 Å². The molecule has 9 heteroatoms. The van der Waals surface area contributed by atoms with Gasteiger partial charge in [-0.15, -0.1) is 12.8 Å². The minimum absolute atomic E-state index is 0.172. The zero-order chi connectivity index (χ0) is 28.0. The van der Waals surface area contributed by atoms with E-state index in [-0.39, 0.29) is 5.69 Å². The molecule has 3 aromatic rings. The van der Waals surface area contributed by atoms with Gasteiger partial charge >= 0.3 is 0 Å². The van der Waals surface area contributed by atoms with Gasteiger partial charge in [0.25, 0.3) is 5.91 Å². The van der Waals surface area contributed by atoms with E-state index < -0.39 is 5.91 Å². The van der Waals surface area contributed by atoms with Crippen LogP contribution in [0.3, 0.4) is 0 Å². The van der Waals surface area contributed by atoms with E-state index in [4.69, 9.17) is 33.9 Å². The Hall–Kier alpha value is -2.32. The molecule has 0 atom stereocenters. The van der Waals surface area contributed by atoms with E-state index in [1.807, 2.05) is 6.92 Å². The molecule has 2 aromatic carbocycles. The molecule has 204 valence electrons. The summed E-state index contributed by atoms with van der Waals surface area (Å²) in [5.41, 5.74) is 11.0. The number of nitrogens with zero attached hydrogens (tertiary/aromatic N) is 3. The van der Waals surface area contributed by atoms with Gasteiger partial charge in [-0.2, -0.15) is 0 Å². The molecule has 1 aliphatic heterocycles. The predicted molar refractivity (Wildman–Crippen MR) is 162 cm³/mol. The number of thiol groups is 1. The fourth-order valence-electron chi connectivity index (χ4n) is 5.20. The lowest BCUT2D eigenvalue weighted by Crippen LogP contribution is -2.41. The number of aryl methyl sites for hydroxylation is 1. The molecule has 1 saturated heterocycles. The van der Waals surface area contributed by atoms with Crippen LogP contribution < -0.4 is 15.8 Å². The Balaban J connectivity index is 0.000000612. The molecule has 0 radical (unpaired) electrons. The molecule has 0 unspecified atom stereocenters. The summed E-state index contributed by atoms with van der Waals surface area (Å²) in [6.07, 6.45) is 4.40. The molecule has 1 fully saturated rings. The number of aromatic nitrogens is 2. The molecule has 2 aliphatic rings. The van der Waals surface area contributed by atoms with Crippen LogP contribution in [-0.2, 0) is 12.8 Å². The summed E-state index contributed by atoms with van der Waals surface area (Å²) < 4.78 is 0. The molecule has 0 saturated carbocycles. The van der Waals surface area contributed by atoms with E-state index >= 15 is 0 Å². The predicted octanol–water partition coefficient (Wildman–Crippen LogP) is 6.70. The van der Waals surface area contributed by atoms with Crippen molar-refractivity contribution in [2.45, 2.75) is 53.4 Å². The largest absolute Gasteiger partial charge is 0.364 e. The number of piperidine rings is 1. The van der Waals surface area contributed by atoms with Gasteiger partial charge in [0.1, 0.15) is 5.69 Å². The second kappa shape index (κ2) is 13.2. The van der Waals surface area contributed by atoms with Crippen LogP contribution in [0.4, 0.5) is 5.95 Å². The van der Waals surface area contributed by atoms with Crippen molar-refractivity contribution in [3.05, 3.63) is 75.0 Å². The van der Waals surface area contributed by atoms with Crippen molar-refractivity contribution in [2.75, 3.05) is 18.0 Å². The topological polar surface area (TPSA) is 98.1 Å². The van der Waals surface area contributed by atoms with Crippen molar-refractivity contribution in [3.8, 4) is 11.1 Å². The third-order valence-corrected chi connectivity index (χ3v) is 7.71. The van der Waals surface area contributed by atoms with Crippen LogP contribution in [0.15, 0.2) is 42.5 Å². The number of halogens is 2. The van der Waals surface area contributed by atoms with E-state index in [1.165, 1.54) is 11.1 Å². The number of rotatable bonds is 3. The highest BCUT2D eigenvalue weighted by atomic mass is 35.5. The Morgan fingerprint density at radius 3 is 2.05 bits per heavy atom. The first-order valence-electron chi connectivity index (χ1n) is 12.8. The number of amides is 1. The standard InChI is InChI=1S/C25H24Cl2N4O.C4H10.H3NS/c1-15-20(18-7-4-8-19(26)21(18)27)22(23(28)32)30-24(29-15)31-11-9-25(10-12-31)13-16-5-2-3-6-17(16)14-25;1-4(2)3;1-2/h2-8H,9-14H2,1H3,(H2,28,32);4H,1-3H3;2H,1H2. The molecule has 0 bridgehead atoms. The molecule has 2 heterocycles. The van der Waals surface area contributed by atoms with Crippen LogP contribution in [0, 0.1) is 18.3 Å². The summed E-state index contributed by atoms with van der Waals surface area (Å²) in [7, 11) is 0. The van der Waals surface area contributed by atoms with Crippen molar-refractivity contribution in [2.24, 2.45) is 22.2 Å². The maximum absolute atomic E-state index is 12.3. The van der Waals surface area contributed by atoms with Gasteiger partial charge in [-0.3, -0.25) is 9.93 Å². The van der Waals surface area contributed by atoms with Gasteiger partial charge in [-0.25, -0.2) is 9.97 Å². The number of carbonyl (C=O) groups is 1. The minimum atomic E-state index is -0.609. The average Bonchev–Trinajstić information content (AvgIpc) is 3.24. The normalized spacial score (nSPS) is 15.3. The molecular weight excluding hydrogens is 537 g/mol. The van der Waals surface area contributed by atoms with Gasteiger partial charge in [-0.05, 0) is 61.1 Å². The molecule has 1 aromatic heterocycles. The molecule has 5 rings (SSSR count). The Labute approximate surface area is 241 Å². The maximum atomic E-state index is 12.3. The molecule has 1 amide bonds. The number of primary amides is 1. The lowest BCUT2D eigenvalue weighted by atomic mass is 9.76. The summed E-state index contributed by atoms with van der Waals surface area (Å²) in [6, 6.07) is 14.0. The number of nitrogens with two attached hydrogens (primary N) is 2. The lowest BCUT2D eigenvalue weighted by molar-refractivity contribution is 0.0996. The monoisotopic (exact) mass is 573 g/mol. The summed E-state index contributed by atoms with van der Waals surface area (Å²) in [6.45, 7) is 10.1. The molecule has 6 nitrogen and oxygen atoms in total. The van der Waals surface area contributed by atoms with Gasteiger partial charge in [0.05, 0.1) is 15.7 Å². The highest BCUT2D eigenvalue weighted by Gasteiger charge is 2.40. The van der Waals surface area contributed by atoms with Crippen LogP contribution in [0.1, 0.15) is 60.9 Å². The van der Waals surface area contributed by atoms with Crippen molar-refractivity contribution in [1.82, 2.24) is 9.97 Å². The SMILES string of the molecule is CC(C)C.Cc1nc(N2CCC3(CC2)Cc2ccccc2C3)nc(C(N)=O)c1-c1cccc(Cl)c1Cl.NS. The average molecular weight is 575 g/mol. The van der Waals surface area contributed by atoms with E-state index in [1.54, 1.807) is 18.2 Å². The second-order valence-corrected chi connectivity index (χ2v) is 11.4. The number of hydrogen-bond acceptors (Lipinski definition) is 6. The quantitative estimate of drug-likeness (QED) is 0.303. The molecule has 1 aliphatic carbocycles. The summed E-state index contributed by atoms with van der Waals surface area (Å²) in [4.78, 5) is 23.9. The number of benzene rings is 2. The van der Waals surface area contributed by atoms with Crippen LogP contribution in [-0.4, -0.2) is 29.0 Å². The summed E-state index contributed by atoms with van der Waals surface area (Å²) in [5.74, 6) is 0.770. The van der Waals surface area contributed by atoms with Gasteiger partial charge in [0.15, 0.2) is 0 Å². The van der Waals surface area contributed by atoms with Gasteiger partial charge in [-0.1, -0.05) is 80.4 Å². The highest BCUT2D eigenvalue weighted by Crippen LogP contribution is 2.45. The Morgan fingerprint density at radius 2 is 1.53 bits per heavy atom. The van der Waals surface area contributed by atoms with E-state index in [2.05, 4.69) is 72.9 Å².